The zero-order valence-corrected chi connectivity index (χ0v) is 71.9. The first-order chi connectivity index (χ1) is 63.5. The number of nitrogens with one attached hydrogen (secondary N) is 2. The van der Waals surface area contributed by atoms with Crippen molar-refractivity contribution >= 4 is 136 Å². The average molecular weight is 1790 g/mol. The van der Waals surface area contributed by atoms with Crippen LogP contribution < -0.4 is 42.0 Å². The average Bonchev–Trinajstić information content (AvgIpc) is 1.12. The molecule has 621 valence electrons. The Balaban J connectivity index is 0.000000133. The van der Waals surface area contributed by atoms with E-state index < -0.39 is 14.3 Å². The Labute approximate surface area is 752 Å². The highest BCUT2D eigenvalue weighted by Crippen LogP contribution is 2.54. The highest BCUT2D eigenvalue weighted by Gasteiger charge is 2.38. The minimum absolute atomic E-state index is 0. The molecule has 0 bridgehead atoms. The molecule has 27 heteroatoms. The maximum atomic E-state index is 16.7. The van der Waals surface area contributed by atoms with E-state index >= 15 is 4.57 Å². The molecular formula is C103H67BBrN16O7P2. The number of fused-ring (bicyclic) bond motifs is 14. The van der Waals surface area contributed by atoms with E-state index in [1.54, 1.807) is 43.2 Å². The lowest BCUT2D eigenvalue weighted by Gasteiger charge is -2.28. The van der Waals surface area contributed by atoms with Crippen molar-refractivity contribution in [3.63, 3.8) is 0 Å². The van der Waals surface area contributed by atoms with Crippen LogP contribution in [0.4, 0.5) is 0 Å². The summed E-state index contributed by atoms with van der Waals surface area (Å²) in [6, 6.07) is 112. The van der Waals surface area contributed by atoms with Crippen LogP contribution in [-0.2, 0) is 9.13 Å². The van der Waals surface area contributed by atoms with Crippen molar-refractivity contribution in [1.82, 2.24) is 29.9 Å². The second kappa shape index (κ2) is 37.7. The molecule has 0 spiro atoms. The Morgan fingerprint density at radius 1 is 0.315 bits per heavy atom. The largest absolute Gasteiger partial charge is 0.456 e. The van der Waals surface area contributed by atoms with Gasteiger partial charge in [0.1, 0.15) is 45.0 Å². The molecule has 12 aromatic carbocycles. The Morgan fingerprint density at radius 2 is 0.723 bits per heavy atom. The van der Waals surface area contributed by atoms with Gasteiger partial charge in [0.2, 0.25) is 5.43 Å². The third-order valence-electron chi connectivity index (χ3n) is 21.9. The van der Waals surface area contributed by atoms with E-state index in [2.05, 4.69) is 120 Å². The Kier molecular flexibility index (Phi) is 24.4. The minimum atomic E-state index is -3.61. The summed E-state index contributed by atoms with van der Waals surface area (Å²) in [7, 11) is -6.68. The Hall–Kier alpha value is -16.6. The standard InChI is InChI=1S/C51H32N3O3P.C28H17N3O2.C24H16BrO2P.B.H2N10/c55-58(37-14-2-1-3-15-37)50-21-9-6-18-41(50)38-16-4-7-19-46(38)56-48-28-33(22-23-40(48)43-29-42-39-17-5-8-20-47(39)57-49(42)30-51(43)58)36-26-44(34-12-10-24-52-31-34)54-45(27-36)35-13-11-25-53-32-35;32-28-22-7-1-2-8-26(22)33-27-15-18(9-10-23(27)28)21-13-24(19-5-3-11-29-16-19)31-25(14-21)20-6-4-12-30-17-20;25-21-15-20-19-13-7-8-14-22(19)27-23(20)16-24(21)28(26,17-9-3-1-4-10-17)18-11-5-2-6-12-18;;1-3-5-7-9-10-8-6-4-2/h1-32H;1-17H;1-16H;;1-2H/b;;;;3-1?,4-2?,7-5+,8-6+,10-9+. The lowest BCUT2D eigenvalue weighted by atomic mass is 9.96. The molecule has 1 aliphatic rings. The van der Waals surface area contributed by atoms with Crippen LogP contribution in [0.1, 0.15) is 0 Å². The zero-order chi connectivity index (χ0) is 87.6. The lowest BCUT2D eigenvalue weighted by molar-refractivity contribution is 0.486. The quantitative estimate of drug-likeness (QED) is 0.0337. The van der Waals surface area contributed by atoms with Crippen LogP contribution in [0.15, 0.2) is 460 Å². The molecule has 0 aliphatic carbocycles. The van der Waals surface area contributed by atoms with Crippen molar-refractivity contribution in [1.29, 1.82) is 11.1 Å². The van der Waals surface area contributed by atoms with Gasteiger partial charge in [0.05, 0.1) is 33.5 Å². The van der Waals surface area contributed by atoms with Crippen LogP contribution in [0.2, 0.25) is 0 Å². The lowest BCUT2D eigenvalue weighted by Crippen LogP contribution is -2.28. The molecule has 0 saturated heterocycles. The van der Waals surface area contributed by atoms with Crippen molar-refractivity contribution in [3.05, 3.63) is 410 Å². The molecule has 3 radical (unpaired) electrons. The summed E-state index contributed by atoms with van der Waals surface area (Å²) >= 11 is 3.70. The number of nitrogens with zero attached hydrogens (tertiary/aromatic N) is 14. The maximum absolute atomic E-state index is 16.7. The minimum Gasteiger partial charge on any atom is -0.456 e. The number of hydrogen-bond acceptors (Lipinski definition) is 15. The van der Waals surface area contributed by atoms with Gasteiger partial charge in [0, 0.05) is 149 Å². The summed E-state index contributed by atoms with van der Waals surface area (Å²) in [4.78, 5) is 40.1. The van der Waals surface area contributed by atoms with Crippen molar-refractivity contribution in [2.75, 3.05) is 0 Å². The molecule has 23 nitrogen and oxygen atoms in total. The smallest absolute Gasteiger partial charge is 0.200 e. The number of benzene rings is 12. The van der Waals surface area contributed by atoms with Crippen LogP contribution >= 0.6 is 30.2 Å². The molecular weight excluding hydrogens is 1730 g/mol. The summed E-state index contributed by atoms with van der Waals surface area (Å²) in [6.07, 6.45) is 14.2. The van der Waals surface area contributed by atoms with E-state index in [1.807, 2.05) is 310 Å². The summed E-state index contributed by atoms with van der Waals surface area (Å²) < 4.78 is 58.0. The molecule has 0 saturated carbocycles. The van der Waals surface area contributed by atoms with Crippen LogP contribution in [0.25, 0.3) is 155 Å². The molecule has 0 fully saturated rings. The molecule has 1 aliphatic heterocycles. The van der Waals surface area contributed by atoms with Crippen LogP contribution in [0.5, 0.6) is 11.5 Å². The SMILES string of the molecule is N=N/N=N/N=N/N=N/N=N.O=P(c1ccccc1)(c1ccccc1)c1cc2oc3ccccc3c2cc1Br.O=P1(c2ccccc2)c2ccccc2-c2ccccc2Oc2cc(-c3cc(-c4cccnc4)nc(-c4cccnc4)c3)ccc2-c2cc3c(cc21)oc1ccccc13.O=c1c2ccccc2oc2cc(-c3cc(-c4cccnc4)nc(-c4cccnc4)c3)ccc12.[B]. The summed E-state index contributed by atoms with van der Waals surface area (Å²) in [5.74, 6) is 1.29. The molecule has 0 amide bonds. The number of para-hydroxylation sites is 4. The third-order valence-corrected chi connectivity index (χ3v) is 29.1. The van der Waals surface area contributed by atoms with E-state index in [4.69, 9.17) is 39.0 Å². The van der Waals surface area contributed by atoms with Gasteiger partial charge >= 0.3 is 0 Å². The van der Waals surface area contributed by atoms with E-state index in [0.29, 0.717) is 44.3 Å². The number of aromatic nitrogens is 6. The topological polar surface area (TPSA) is 324 Å². The zero-order valence-electron chi connectivity index (χ0n) is 68.5. The summed E-state index contributed by atoms with van der Waals surface area (Å²) in [6.45, 7) is 0. The number of ether oxygens (including phenoxy) is 1. The van der Waals surface area contributed by atoms with Crippen LogP contribution in [0.3, 0.4) is 0 Å². The second-order valence-corrected chi connectivity index (χ2v) is 35.8. The van der Waals surface area contributed by atoms with Gasteiger partial charge in [-0.15, -0.1) is 0 Å². The number of halogens is 1. The summed E-state index contributed by atoms with van der Waals surface area (Å²) in [5, 5.41) is 31.5. The van der Waals surface area contributed by atoms with E-state index in [9.17, 15) is 9.36 Å². The van der Waals surface area contributed by atoms with Gasteiger partial charge in [-0.05, 0) is 243 Å². The summed E-state index contributed by atoms with van der Waals surface area (Å²) in [5.41, 5.74) is 30.2. The number of hydrogen-bond donors (Lipinski definition) is 2. The fourth-order valence-electron chi connectivity index (χ4n) is 16.0. The molecule has 1 unspecified atom stereocenters. The molecule has 2 N–H and O–H groups in total. The van der Waals surface area contributed by atoms with Crippen molar-refractivity contribution < 1.29 is 27.1 Å². The second-order valence-electron chi connectivity index (χ2n) is 29.5. The highest BCUT2D eigenvalue weighted by molar-refractivity contribution is 9.10. The Bertz CT molecular complexity index is 7910. The van der Waals surface area contributed by atoms with Crippen molar-refractivity contribution in [2.24, 2.45) is 41.8 Å². The molecule has 130 heavy (non-hydrogen) atoms. The first kappa shape index (κ1) is 84.3. The van der Waals surface area contributed by atoms with Crippen molar-refractivity contribution in [3.8, 4) is 101 Å². The molecule has 22 rings (SSSR count). The monoisotopic (exact) mass is 1790 g/mol. The predicted molar refractivity (Wildman–Crippen MR) is 515 cm³/mol. The van der Waals surface area contributed by atoms with Gasteiger partial charge < -0.3 is 27.1 Å². The number of pyridine rings is 6. The van der Waals surface area contributed by atoms with Gasteiger partial charge in [-0.25, -0.2) is 9.97 Å². The third kappa shape index (κ3) is 16.9. The fourth-order valence-corrected chi connectivity index (χ4v) is 22.8. The fraction of sp³-hybridized carbons (Fsp3) is 0. The first-order valence-corrected chi connectivity index (χ1v) is 44.7. The van der Waals surface area contributed by atoms with Gasteiger partial charge in [0.25, 0.3) is 0 Å². The number of rotatable bonds is 14. The van der Waals surface area contributed by atoms with Gasteiger partial charge in [-0.3, -0.25) is 24.7 Å². The molecule has 21 aromatic rings. The van der Waals surface area contributed by atoms with E-state index in [1.165, 1.54) is 0 Å². The maximum Gasteiger partial charge on any atom is 0.200 e. The van der Waals surface area contributed by atoms with Crippen LogP contribution in [0, 0.1) is 11.1 Å². The number of furan rings is 2. The van der Waals surface area contributed by atoms with Crippen LogP contribution in [-0.4, -0.2) is 38.3 Å². The van der Waals surface area contributed by atoms with Gasteiger partial charge in [-0.1, -0.05) is 194 Å². The molecule has 1 atom stereocenters. The normalized spacial score (nSPS) is 12.7. The molecule has 10 heterocycles. The Morgan fingerprint density at radius 3 is 1.24 bits per heavy atom. The van der Waals surface area contributed by atoms with Gasteiger partial charge in [-0.2, -0.15) is 11.1 Å². The van der Waals surface area contributed by atoms with E-state index in [-0.39, 0.29) is 13.8 Å². The molecule has 9 aromatic heterocycles. The van der Waals surface area contributed by atoms with Crippen molar-refractivity contribution in [2.45, 2.75) is 0 Å². The predicted octanol–water partition coefficient (Wildman–Crippen LogP) is 25.7. The van der Waals surface area contributed by atoms with E-state index in [0.717, 1.165) is 159 Å². The van der Waals surface area contributed by atoms with Gasteiger partial charge in [0.15, 0.2) is 14.3 Å². The first-order valence-electron chi connectivity index (χ1n) is 40.5. The highest BCUT2D eigenvalue weighted by atomic mass is 79.9.